The number of likely N-dealkylation sites (N-methyl/N-ethyl adjacent to an activating group) is 1. The topological polar surface area (TPSA) is 62.5 Å². The molecule has 0 spiro atoms. The summed E-state index contributed by atoms with van der Waals surface area (Å²) in [7, 11) is 3.51. The molecule has 5 nitrogen and oxygen atoms in total. The lowest BCUT2D eigenvalue weighted by Gasteiger charge is -2.25. The number of carbonyl (C=O) groups is 2. The van der Waals surface area contributed by atoms with Crippen LogP contribution in [0.15, 0.2) is 66.4 Å². The van der Waals surface area contributed by atoms with Gasteiger partial charge in [-0.25, -0.2) is 4.79 Å². The van der Waals surface area contributed by atoms with E-state index in [4.69, 9.17) is 0 Å². The minimum absolute atomic E-state index is 0.264. The Hall–Kier alpha value is -3.34. The molecule has 1 heterocycles. The van der Waals surface area contributed by atoms with Crippen LogP contribution in [-0.4, -0.2) is 39.5 Å². The molecule has 1 amide bonds. The zero-order valence-corrected chi connectivity index (χ0v) is 16.3. The maximum absolute atomic E-state index is 12.9. The van der Waals surface area contributed by atoms with Crippen LogP contribution in [0.1, 0.15) is 18.1 Å². The molecule has 0 saturated carbocycles. The van der Waals surface area contributed by atoms with Crippen LogP contribution in [0.5, 0.6) is 0 Å². The Morgan fingerprint density at radius 3 is 2.43 bits per heavy atom. The van der Waals surface area contributed by atoms with E-state index in [0.29, 0.717) is 5.57 Å². The molecule has 28 heavy (non-hydrogen) atoms. The summed E-state index contributed by atoms with van der Waals surface area (Å²) in [4.78, 5) is 26.0. The summed E-state index contributed by atoms with van der Waals surface area (Å²) in [5.74, 6) is -1.31. The van der Waals surface area contributed by atoms with Gasteiger partial charge in [0.2, 0.25) is 5.91 Å². The van der Waals surface area contributed by atoms with Gasteiger partial charge in [-0.15, -0.1) is 0 Å². The third-order valence-corrected chi connectivity index (χ3v) is 4.98. The molecule has 1 N–H and O–H groups in total. The Morgan fingerprint density at radius 1 is 1.11 bits per heavy atom. The highest BCUT2D eigenvalue weighted by atomic mass is 16.4. The second-order valence-electron chi connectivity index (χ2n) is 7.00. The molecule has 3 rings (SSSR count). The Labute approximate surface area is 164 Å². The van der Waals surface area contributed by atoms with E-state index in [1.807, 2.05) is 78.5 Å². The molecule has 1 aromatic heterocycles. The monoisotopic (exact) mass is 376 g/mol. The summed E-state index contributed by atoms with van der Waals surface area (Å²) >= 11 is 0. The largest absolute Gasteiger partial charge is 0.480 e. The molecular formula is C23H24N2O3. The van der Waals surface area contributed by atoms with Crippen LogP contribution in [0.2, 0.25) is 0 Å². The molecule has 0 aliphatic rings. The van der Waals surface area contributed by atoms with E-state index >= 15 is 0 Å². The SMILES string of the molecule is C/C(=C\c1cn(C)c2ccccc12)C(=O)N(C)C(Cc1ccccc1)C(=O)O. The fourth-order valence-electron chi connectivity index (χ4n) is 3.43. The fraction of sp³-hybridized carbons (Fsp3) is 0.217. The van der Waals surface area contributed by atoms with Crippen LogP contribution < -0.4 is 0 Å². The van der Waals surface area contributed by atoms with E-state index in [9.17, 15) is 14.7 Å². The fourth-order valence-corrected chi connectivity index (χ4v) is 3.43. The third kappa shape index (κ3) is 3.98. The molecule has 0 bridgehead atoms. The molecule has 1 unspecified atom stereocenters. The minimum Gasteiger partial charge on any atom is -0.480 e. The van der Waals surface area contributed by atoms with Gasteiger partial charge in [-0.05, 0) is 24.6 Å². The number of para-hydroxylation sites is 1. The van der Waals surface area contributed by atoms with Gasteiger partial charge < -0.3 is 14.6 Å². The van der Waals surface area contributed by atoms with Gasteiger partial charge in [0, 0.05) is 48.8 Å². The molecule has 0 aliphatic carbocycles. The number of hydrogen-bond donors (Lipinski definition) is 1. The van der Waals surface area contributed by atoms with Crippen molar-refractivity contribution in [3.05, 3.63) is 77.5 Å². The van der Waals surface area contributed by atoms with Crippen molar-refractivity contribution in [2.75, 3.05) is 7.05 Å². The summed E-state index contributed by atoms with van der Waals surface area (Å²) in [5.41, 5.74) is 3.39. The van der Waals surface area contributed by atoms with Crippen LogP contribution in [0.3, 0.4) is 0 Å². The van der Waals surface area contributed by atoms with Crippen LogP contribution in [-0.2, 0) is 23.1 Å². The van der Waals surface area contributed by atoms with E-state index in [1.165, 1.54) is 4.90 Å². The number of carboxylic acid groups (broad SMARTS) is 1. The standard InChI is InChI=1S/C23H24N2O3/c1-16(13-18-15-24(2)20-12-8-7-11-19(18)20)22(26)25(3)21(23(27)28)14-17-9-5-4-6-10-17/h4-13,15,21H,14H2,1-3H3,(H,27,28)/b16-13+. The number of aryl methyl sites for hydroxylation is 1. The van der Waals surface area contributed by atoms with Gasteiger partial charge in [-0.2, -0.15) is 0 Å². The van der Waals surface area contributed by atoms with Crippen LogP contribution >= 0.6 is 0 Å². The molecule has 0 aliphatic heterocycles. The number of rotatable bonds is 6. The van der Waals surface area contributed by atoms with Gasteiger partial charge in [0.1, 0.15) is 6.04 Å². The lowest BCUT2D eigenvalue weighted by atomic mass is 10.0. The Morgan fingerprint density at radius 2 is 1.75 bits per heavy atom. The average Bonchev–Trinajstić information content (AvgIpc) is 3.01. The number of hydrogen-bond acceptors (Lipinski definition) is 2. The van der Waals surface area contributed by atoms with Crippen molar-refractivity contribution in [1.82, 2.24) is 9.47 Å². The predicted octanol–water partition coefficient (Wildman–Crippen LogP) is 3.74. The number of aliphatic carboxylic acids is 1. The molecule has 0 fully saturated rings. The number of benzene rings is 2. The average molecular weight is 376 g/mol. The van der Waals surface area contributed by atoms with E-state index in [0.717, 1.165) is 22.0 Å². The highest BCUT2D eigenvalue weighted by molar-refractivity contribution is 6.01. The van der Waals surface area contributed by atoms with Crippen LogP contribution in [0, 0.1) is 0 Å². The summed E-state index contributed by atoms with van der Waals surface area (Å²) < 4.78 is 2.01. The van der Waals surface area contributed by atoms with Crippen molar-refractivity contribution in [2.45, 2.75) is 19.4 Å². The van der Waals surface area contributed by atoms with Gasteiger partial charge in [0.25, 0.3) is 0 Å². The second-order valence-corrected chi connectivity index (χ2v) is 7.00. The lowest BCUT2D eigenvalue weighted by molar-refractivity contribution is -0.147. The Bertz CT molecular complexity index is 1030. The zero-order chi connectivity index (χ0) is 20.3. The number of fused-ring (bicyclic) bond motifs is 1. The quantitative estimate of drug-likeness (QED) is 0.667. The first kappa shape index (κ1) is 19.4. The zero-order valence-electron chi connectivity index (χ0n) is 16.3. The number of nitrogens with zero attached hydrogens (tertiary/aromatic N) is 2. The molecule has 1 atom stereocenters. The van der Waals surface area contributed by atoms with E-state index in [1.54, 1.807) is 14.0 Å². The maximum Gasteiger partial charge on any atom is 0.326 e. The normalized spacial score (nSPS) is 12.8. The highest BCUT2D eigenvalue weighted by Gasteiger charge is 2.27. The molecule has 0 radical (unpaired) electrons. The van der Waals surface area contributed by atoms with Crippen molar-refractivity contribution in [3.63, 3.8) is 0 Å². The summed E-state index contributed by atoms with van der Waals surface area (Å²) in [5, 5.41) is 10.7. The molecule has 2 aromatic carbocycles. The van der Waals surface area contributed by atoms with Crippen molar-refractivity contribution in [3.8, 4) is 0 Å². The number of carbonyl (C=O) groups excluding carboxylic acids is 1. The predicted molar refractivity (Wildman–Crippen MR) is 111 cm³/mol. The van der Waals surface area contributed by atoms with Gasteiger partial charge >= 0.3 is 5.97 Å². The van der Waals surface area contributed by atoms with Gasteiger partial charge in [0.05, 0.1) is 0 Å². The van der Waals surface area contributed by atoms with Gasteiger partial charge in [0.15, 0.2) is 0 Å². The summed E-state index contributed by atoms with van der Waals surface area (Å²) in [6.07, 6.45) is 4.06. The summed E-state index contributed by atoms with van der Waals surface area (Å²) in [6.45, 7) is 1.72. The van der Waals surface area contributed by atoms with Crippen molar-refractivity contribution >= 4 is 28.9 Å². The lowest BCUT2D eigenvalue weighted by Crippen LogP contribution is -2.44. The Balaban J connectivity index is 1.85. The van der Waals surface area contributed by atoms with Gasteiger partial charge in [-0.3, -0.25) is 4.79 Å². The first-order chi connectivity index (χ1) is 13.4. The van der Waals surface area contributed by atoms with Crippen LogP contribution in [0.4, 0.5) is 0 Å². The van der Waals surface area contributed by atoms with E-state index in [-0.39, 0.29) is 12.3 Å². The summed E-state index contributed by atoms with van der Waals surface area (Å²) in [6, 6.07) is 16.4. The molecule has 3 aromatic rings. The molecule has 5 heteroatoms. The van der Waals surface area contributed by atoms with Crippen LogP contribution in [0.25, 0.3) is 17.0 Å². The molecular weight excluding hydrogens is 352 g/mol. The third-order valence-electron chi connectivity index (χ3n) is 4.98. The highest BCUT2D eigenvalue weighted by Crippen LogP contribution is 2.23. The van der Waals surface area contributed by atoms with Gasteiger partial charge in [-0.1, -0.05) is 48.5 Å². The first-order valence-electron chi connectivity index (χ1n) is 9.14. The number of aromatic nitrogens is 1. The van der Waals surface area contributed by atoms with Crippen molar-refractivity contribution in [1.29, 1.82) is 0 Å². The first-order valence-corrected chi connectivity index (χ1v) is 9.14. The smallest absolute Gasteiger partial charge is 0.326 e. The second kappa shape index (κ2) is 8.13. The minimum atomic E-state index is -1.02. The van der Waals surface area contributed by atoms with Crippen molar-refractivity contribution in [2.24, 2.45) is 7.05 Å². The van der Waals surface area contributed by atoms with E-state index < -0.39 is 12.0 Å². The van der Waals surface area contributed by atoms with E-state index in [2.05, 4.69) is 0 Å². The maximum atomic E-state index is 12.9. The molecule has 144 valence electrons. The Kier molecular flexibility index (Phi) is 5.64. The number of amides is 1. The van der Waals surface area contributed by atoms with Crippen molar-refractivity contribution < 1.29 is 14.7 Å². The number of carboxylic acids is 1. The molecule has 0 saturated heterocycles.